The average Bonchev–Trinajstić information content (AvgIpc) is 2.41. The second kappa shape index (κ2) is 5.85. The van der Waals surface area contributed by atoms with Crippen LogP contribution < -0.4 is 4.74 Å². The Balaban J connectivity index is 2.31. The van der Waals surface area contributed by atoms with E-state index in [0.717, 1.165) is 6.20 Å². The summed E-state index contributed by atoms with van der Waals surface area (Å²) >= 11 is 11.6. The summed E-state index contributed by atoms with van der Waals surface area (Å²) in [5.74, 6) is -2.31. The highest BCUT2D eigenvalue weighted by Gasteiger charge is 2.22. The summed E-state index contributed by atoms with van der Waals surface area (Å²) < 4.78 is 4.98. The van der Waals surface area contributed by atoms with E-state index in [0.29, 0.717) is 5.02 Å². The molecule has 0 spiro atoms. The third-order valence-corrected chi connectivity index (χ3v) is 2.72. The molecule has 1 N–H and O–H groups in total. The summed E-state index contributed by atoms with van der Waals surface area (Å²) in [5.41, 5.74) is -0.909. The molecule has 1 heterocycles. The van der Waals surface area contributed by atoms with Crippen molar-refractivity contribution < 1.29 is 19.4 Å². The average molecular weight is 313 g/mol. The molecule has 8 heteroatoms. The lowest BCUT2D eigenvalue weighted by molar-refractivity contribution is 0.0658. The van der Waals surface area contributed by atoms with Gasteiger partial charge in [0.1, 0.15) is 5.75 Å². The first-order valence-electron chi connectivity index (χ1n) is 5.20. The Bertz CT molecular complexity index is 691. The Kier molecular flexibility index (Phi) is 4.16. The maximum atomic E-state index is 11.9. The van der Waals surface area contributed by atoms with Crippen molar-refractivity contribution in [3.05, 3.63) is 52.0 Å². The number of esters is 1. The predicted molar refractivity (Wildman–Crippen MR) is 70.4 cm³/mol. The Hall–Kier alpha value is -2.18. The van der Waals surface area contributed by atoms with Crippen LogP contribution in [0.4, 0.5) is 0 Å². The van der Waals surface area contributed by atoms with Gasteiger partial charge < -0.3 is 9.84 Å². The number of ether oxygens (including phenoxy) is 1. The van der Waals surface area contributed by atoms with Crippen LogP contribution in [0, 0.1) is 0 Å². The van der Waals surface area contributed by atoms with Gasteiger partial charge in [-0.3, -0.25) is 0 Å². The van der Waals surface area contributed by atoms with Crippen molar-refractivity contribution in [3.8, 4) is 5.75 Å². The number of hydrogen-bond donors (Lipinski definition) is 1. The standard InChI is InChI=1S/C12H6Cl2N2O4/c13-6-1-2-8(7(14)5-6)20-12(19)10-9(11(17)18)15-3-4-16-10/h1-5H,(H,17,18). The van der Waals surface area contributed by atoms with E-state index < -0.39 is 23.3 Å². The molecule has 2 aromatic rings. The van der Waals surface area contributed by atoms with Gasteiger partial charge in [0.15, 0.2) is 11.4 Å². The lowest BCUT2D eigenvalue weighted by atomic mass is 10.3. The highest BCUT2D eigenvalue weighted by atomic mass is 35.5. The number of carboxylic acid groups (broad SMARTS) is 1. The molecule has 0 saturated carbocycles. The molecule has 0 bridgehead atoms. The summed E-state index contributed by atoms with van der Waals surface area (Å²) in [6.07, 6.45) is 2.35. The molecule has 2 rings (SSSR count). The zero-order valence-electron chi connectivity index (χ0n) is 9.71. The number of aromatic nitrogens is 2. The van der Waals surface area contributed by atoms with Gasteiger partial charge >= 0.3 is 11.9 Å². The van der Waals surface area contributed by atoms with Gasteiger partial charge in [-0.1, -0.05) is 23.2 Å². The Labute approximate surface area is 122 Å². The van der Waals surface area contributed by atoms with Crippen molar-refractivity contribution in [2.24, 2.45) is 0 Å². The van der Waals surface area contributed by atoms with Gasteiger partial charge in [-0.25, -0.2) is 19.6 Å². The van der Waals surface area contributed by atoms with Crippen LogP contribution in [0.1, 0.15) is 21.0 Å². The monoisotopic (exact) mass is 312 g/mol. The molecule has 0 saturated heterocycles. The maximum Gasteiger partial charge on any atom is 0.364 e. The first-order chi connectivity index (χ1) is 9.49. The first-order valence-corrected chi connectivity index (χ1v) is 5.96. The Morgan fingerprint density at radius 1 is 1.10 bits per heavy atom. The normalized spacial score (nSPS) is 10.1. The van der Waals surface area contributed by atoms with Crippen LogP contribution in [0.3, 0.4) is 0 Å². The minimum Gasteiger partial charge on any atom is -0.476 e. The number of halogens is 2. The summed E-state index contributed by atoms with van der Waals surface area (Å²) in [4.78, 5) is 30.0. The molecule has 6 nitrogen and oxygen atoms in total. The van der Waals surface area contributed by atoms with Gasteiger partial charge in [0.05, 0.1) is 5.02 Å². The third-order valence-electron chi connectivity index (χ3n) is 2.19. The van der Waals surface area contributed by atoms with E-state index in [2.05, 4.69) is 9.97 Å². The number of nitrogens with zero attached hydrogens (tertiary/aromatic N) is 2. The summed E-state index contributed by atoms with van der Waals surface area (Å²) in [7, 11) is 0. The zero-order chi connectivity index (χ0) is 14.7. The minimum atomic E-state index is -1.38. The maximum absolute atomic E-state index is 11.9. The largest absolute Gasteiger partial charge is 0.476 e. The molecule has 0 aliphatic heterocycles. The van der Waals surface area contributed by atoms with E-state index in [-0.39, 0.29) is 10.8 Å². The molecular weight excluding hydrogens is 307 g/mol. The van der Waals surface area contributed by atoms with Gasteiger partial charge in [0.25, 0.3) is 0 Å². The topological polar surface area (TPSA) is 89.4 Å². The van der Waals surface area contributed by atoms with E-state index in [1.165, 1.54) is 24.4 Å². The van der Waals surface area contributed by atoms with E-state index >= 15 is 0 Å². The smallest absolute Gasteiger partial charge is 0.364 e. The van der Waals surface area contributed by atoms with Crippen molar-refractivity contribution in [2.75, 3.05) is 0 Å². The second-order valence-electron chi connectivity index (χ2n) is 3.52. The second-order valence-corrected chi connectivity index (χ2v) is 4.37. The van der Waals surface area contributed by atoms with Crippen LogP contribution in [0.5, 0.6) is 5.75 Å². The van der Waals surface area contributed by atoms with E-state index in [1.54, 1.807) is 0 Å². The van der Waals surface area contributed by atoms with Crippen LogP contribution in [-0.2, 0) is 0 Å². The van der Waals surface area contributed by atoms with Gasteiger partial charge in [-0.05, 0) is 18.2 Å². The first kappa shape index (κ1) is 14.2. The number of hydrogen-bond acceptors (Lipinski definition) is 5. The fourth-order valence-electron chi connectivity index (χ4n) is 1.35. The summed E-state index contributed by atoms with van der Waals surface area (Å²) in [5, 5.41) is 9.41. The molecule has 0 atom stereocenters. The number of aromatic carboxylic acids is 1. The number of benzene rings is 1. The molecule has 1 aromatic heterocycles. The highest BCUT2D eigenvalue weighted by Crippen LogP contribution is 2.28. The molecule has 0 aliphatic rings. The van der Waals surface area contributed by atoms with Crippen LogP contribution in [0.15, 0.2) is 30.6 Å². The molecule has 0 radical (unpaired) electrons. The quantitative estimate of drug-likeness (QED) is 0.692. The fraction of sp³-hybridized carbons (Fsp3) is 0. The Morgan fingerprint density at radius 3 is 2.35 bits per heavy atom. The van der Waals surface area contributed by atoms with Crippen LogP contribution in [0.25, 0.3) is 0 Å². The molecule has 1 aromatic carbocycles. The van der Waals surface area contributed by atoms with Crippen molar-refractivity contribution in [2.45, 2.75) is 0 Å². The van der Waals surface area contributed by atoms with Crippen LogP contribution in [0.2, 0.25) is 10.0 Å². The molecular formula is C12H6Cl2N2O4. The predicted octanol–water partition coefficient (Wildman–Crippen LogP) is 2.70. The van der Waals surface area contributed by atoms with E-state index in [1.807, 2.05) is 0 Å². The molecule has 0 unspecified atom stereocenters. The summed E-state index contributed by atoms with van der Waals surface area (Å²) in [6.45, 7) is 0. The fourth-order valence-corrected chi connectivity index (χ4v) is 1.80. The van der Waals surface area contributed by atoms with Gasteiger partial charge in [0.2, 0.25) is 0 Å². The van der Waals surface area contributed by atoms with Crippen molar-refractivity contribution in [1.29, 1.82) is 0 Å². The summed E-state index contributed by atoms with van der Waals surface area (Å²) in [6, 6.07) is 4.25. The lowest BCUT2D eigenvalue weighted by Crippen LogP contribution is -2.17. The van der Waals surface area contributed by atoms with Crippen LogP contribution in [-0.4, -0.2) is 27.0 Å². The molecule has 0 amide bonds. The van der Waals surface area contributed by atoms with Gasteiger partial charge in [-0.15, -0.1) is 0 Å². The minimum absolute atomic E-state index is 0.0445. The van der Waals surface area contributed by atoms with Crippen molar-refractivity contribution >= 4 is 35.1 Å². The van der Waals surface area contributed by atoms with Crippen molar-refractivity contribution in [1.82, 2.24) is 9.97 Å². The molecule has 0 aliphatic carbocycles. The number of rotatable bonds is 3. The van der Waals surface area contributed by atoms with E-state index in [9.17, 15) is 9.59 Å². The molecule has 0 fully saturated rings. The SMILES string of the molecule is O=C(O)c1nccnc1C(=O)Oc1ccc(Cl)cc1Cl. The van der Waals surface area contributed by atoms with Gasteiger partial charge in [-0.2, -0.15) is 0 Å². The number of carbonyl (C=O) groups excluding carboxylic acids is 1. The van der Waals surface area contributed by atoms with Crippen molar-refractivity contribution in [3.63, 3.8) is 0 Å². The third kappa shape index (κ3) is 3.04. The lowest BCUT2D eigenvalue weighted by Gasteiger charge is -2.07. The molecule has 102 valence electrons. The molecule has 20 heavy (non-hydrogen) atoms. The zero-order valence-corrected chi connectivity index (χ0v) is 11.2. The van der Waals surface area contributed by atoms with Gasteiger partial charge in [0, 0.05) is 17.4 Å². The number of carbonyl (C=O) groups is 2. The highest BCUT2D eigenvalue weighted by molar-refractivity contribution is 6.35. The Morgan fingerprint density at radius 2 is 1.75 bits per heavy atom. The van der Waals surface area contributed by atoms with Crippen LogP contribution >= 0.6 is 23.2 Å². The van der Waals surface area contributed by atoms with E-state index in [4.69, 9.17) is 33.0 Å². The number of carboxylic acids is 1.